The predicted molar refractivity (Wildman–Crippen MR) is 104 cm³/mol. The van der Waals surface area contributed by atoms with Crippen molar-refractivity contribution in [3.8, 4) is 11.5 Å². The number of likely N-dealkylation sites (N-methyl/N-ethyl adjacent to an activating group) is 1. The van der Waals surface area contributed by atoms with E-state index in [-0.39, 0.29) is 18.4 Å². The van der Waals surface area contributed by atoms with Crippen molar-refractivity contribution in [3.63, 3.8) is 0 Å². The monoisotopic (exact) mass is 390 g/mol. The quantitative estimate of drug-likeness (QED) is 0.751. The van der Waals surface area contributed by atoms with Crippen LogP contribution in [0.1, 0.15) is 22.8 Å². The topological polar surface area (TPSA) is 67.9 Å². The van der Waals surface area contributed by atoms with Crippen molar-refractivity contribution < 1.29 is 19.1 Å². The minimum atomic E-state index is -0.319. The molecule has 27 heavy (non-hydrogen) atoms. The van der Waals surface area contributed by atoms with E-state index in [1.54, 1.807) is 56.6 Å². The molecular weight excluding hydrogens is 368 g/mol. The number of nitrogens with one attached hydrogen (secondary N) is 1. The van der Waals surface area contributed by atoms with Gasteiger partial charge in [-0.15, -0.1) is 0 Å². The summed E-state index contributed by atoms with van der Waals surface area (Å²) in [6.45, 7) is 2.67. The molecule has 6 nitrogen and oxygen atoms in total. The summed E-state index contributed by atoms with van der Waals surface area (Å²) in [6, 6.07) is 12.0. The Balaban J connectivity index is 1.91. The Morgan fingerprint density at radius 1 is 1.15 bits per heavy atom. The number of hydrogen-bond donors (Lipinski definition) is 1. The maximum atomic E-state index is 12.3. The fraction of sp³-hybridized carbons (Fsp3) is 0.300. The maximum Gasteiger partial charge on any atom is 0.251 e. The van der Waals surface area contributed by atoms with E-state index in [2.05, 4.69) is 5.32 Å². The summed E-state index contributed by atoms with van der Waals surface area (Å²) in [4.78, 5) is 26.0. The predicted octanol–water partition coefficient (Wildman–Crippen LogP) is 3.14. The number of carbonyl (C=O) groups is 2. The fourth-order valence-corrected chi connectivity index (χ4v) is 2.67. The highest BCUT2D eigenvalue weighted by atomic mass is 35.5. The van der Waals surface area contributed by atoms with Crippen molar-refractivity contribution >= 4 is 23.4 Å². The second-order valence-electron chi connectivity index (χ2n) is 5.85. The Labute approximate surface area is 164 Å². The number of benzene rings is 2. The number of halogens is 1. The van der Waals surface area contributed by atoms with E-state index < -0.39 is 0 Å². The molecule has 0 heterocycles. The van der Waals surface area contributed by atoms with Gasteiger partial charge in [-0.3, -0.25) is 9.59 Å². The van der Waals surface area contributed by atoms with Gasteiger partial charge in [0.2, 0.25) is 5.91 Å². The molecule has 7 heteroatoms. The first-order chi connectivity index (χ1) is 12.9. The first-order valence-electron chi connectivity index (χ1n) is 8.52. The minimum absolute atomic E-state index is 0.106. The summed E-state index contributed by atoms with van der Waals surface area (Å²) in [5, 5.41) is 3.19. The van der Waals surface area contributed by atoms with Crippen LogP contribution in [-0.2, 0) is 11.3 Å². The molecule has 0 saturated carbocycles. The molecule has 0 aliphatic rings. The first kappa shape index (κ1) is 20.6. The van der Waals surface area contributed by atoms with Gasteiger partial charge >= 0.3 is 0 Å². The largest absolute Gasteiger partial charge is 0.496 e. The maximum absolute atomic E-state index is 12.3. The van der Waals surface area contributed by atoms with Crippen LogP contribution >= 0.6 is 11.6 Å². The van der Waals surface area contributed by atoms with Gasteiger partial charge in [-0.25, -0.2) is 0 Å². The van der Waals surface area contributed by atoms with Gasteiger partial charge in [0.15, 0.2) is 0 Å². The van der Waals surface area contributed by atoms with Crippen LogP contribution in [-0.4, -0.2) is 44.0 Å². The Morgan fingerprint density at radius 3 is 2.48 bits per heavy atom. The number of rotatable bonds is 8. The van der Waals surface area contributed by atoms with E-state index in [0.717, 1.165) is 5.56 Å². The zero-order valence-corrected chi connectivity index (χ0v) is 16.4. The highest BCUT2D eigenvalue weighted by Crippen LogP contribution is 2.23. The van der Waals surface area contributed by atoms with E-state index in [9.17, 15) is 9.59 Å². The van der Waals surface area contributed by atoms with Crippen molar-refractivity contribution in [1.82, 2.24) is 10.2 Å². The van der Waals surface area contributed by atoms with Crippen LogP contribution in [0.25, 0.3) is 0 Å². The zero-order valence-electron chi connectivity index (χ0n) is 15.6. The SMILES string of the molecule is CCOc1ccc(C(=O)NCC(=O)N(C)Cc2cc(Cl)ccc2OC)cc1. The lowest BCUT2D eigenvalue weighted by Crippen LogP contribution is -2.37. The smallest absolute Gasteiger partial charge is 0.251 e. The average Bonchev–Trinajstić information content (AvgIpc) is 2.66. The van der Waals surface area contributed by atoms with E-state index >= 15 is 0 Å². The van der Waals surface area contributed by atoms with Crippen molar-refractivity contribution in [3.05, 3.63) is 58.6 Å². The molecule has 0 radical (unpaired) electrons. The fourth-order valence-electron chi connectivity index (χ4n) is 2.48. The van der Waals surface area contributed by atoms with E-state index in [0.29, 0.717) is 35.2 Å². The number of nitrogens with zero attached hydrogens (tertiary/aromatic N) is 1. The lowest BCUT2D eigenvalue weighted by atomic mass is 10.2. The number of carbonyl (C=O) groups excluding carboxylic acids is 2. The van der Waals surface area contributed by atoms with E-state index in [4.69, 9.17) is 21.1 Å². The molecule has 2 aromatic carbocycles. The van der Waals surface area contributed by atoms with Crippen LogP contribution in [0.4, 0.5) is 0 Å². The van der Waals surface area contributed by atoms with Crippen LogP contribution in [0.5, 0.6) is 11.5 Å². The molecule has 2 rings (SSSR count). The molecule has 0 aliphatic heterocycles. The zero-order chi connectivity index (χ0) is 19.8. The normalized spacial score (nSPS) is 10.2. The van der Waals surface area contributed by atoms with Gasteiger partial charge in [-0.1, -0.05) is 11.6 Å². The molecule has 1 N–H and O–H groups in total. The molecule has 2 amide bonds. The number of ether oxygens (including phenoxy) is 2. The molecule has 0 aromatic heterocycles. The van der Waals surface area contributed by atoms with Gasteiger partial charge < -0.3 is 19.7 Å². The van der Waals surface area contributed by atoms with Gasteiger partial charge in [0.25, 0.3) is 5.91 Å². The Hall–Kier alpha value is -2.73. The summed E-state index contributed by atoms with van der Waals surface area (Å²) >= 11 is 6.01. The van der Waals surface area contributed by atoms with Crippen LogP contribution in [0.15, 0.2) is 42.5 Å². The molecular formula is C20H23ClN2O4. The summed E-state index contributed by atoms with van der Waals surface area (Å²) in [5.41, 5.74) is 1.25. The summed E-state index contributed by atoms with van der Waals surface area (Å²) in [6.07, 6.45) is 0. The molecule has 0 saturated heterocycles. The lowest BCUT2D eigenvalue weighted by molar-refractivity contribution is -0.129. The Morgan fingerprint density at radius 2 is 1.85 bits per heavy atom. The van der Waals surface area contributed by atoms with Gasteiger partial charge in [-0.05, 0) is 49.4 Å². The molecule has 144 valence electrons. The summed E-state index contributed by atoms with van der Waals surface area (Å²) in [5.74, 6) is 0.800. The van der Waals surface area contributed by atoms with E-state index in [1.807, 2.05) is 6.92 Å². The number of amides is 2. The highest BCUT2D eigenvalue weighted by Gasteiger charge is 2.14. The van der Waals surface area contributed by atoms with Crippen molar-refractivity contribution in [2.75, 3.05) is 27.3 Å². The van der Waals surface area contributed by atoms with Crippen molar-refractivity contribution in [1.29, 1.82) is 0 Å². The van der Waals surface area contributed by atoms with Crippen molar-refractivity contribution in [2.24, 2.45) is 0 Å². The van der Waals surface area contributed by atoms with E-state index in [1.165, 1.54) is 4.90 Å². The molecule has 0 spiro atoms. The third-order valence-corrected chi connectivity index (χ3v) is 4.14. The second-order valence-corrected chi connectivity index (χ2v) is 6.28. The van der Waals surface area contributed by atoms with Crippen LogP contribution in [0.2, 0.25) is 5.02 Å². The summed E-state index contributed by atoms with van der Waals surface area (Å²) in [7, 11) is 3.22. The summed E-state index contributed by atoms with van der Waals surface area (Å²) < 4.78 is 10.6. The molecule has 0 fully saturated rings. The van der Waals surface area contributed by atoms with Crippen LogP contribution in [0.3, 0.4) is 0 Å². The first-order valence-corrected chi connectivity index (χ1v) is 8.89. The third-order valence-electron chi connectivity index (χ3n) is 3.90. The molecule has 0 unspecified atom stereocenters. The third kappa shape index (κ3) is 5.89. The van der Waals surface area contributed by atoms with Gasteiger partial charge in [0, 0.05) is 29.7 Å². The Bertz CT molecular complexity index is 793. The second kappa shape index (κ2) is 9.83. The number of methoxy groups -OCH3 is 1. The Kier molecular flexibility index (Phi) is 7.49. The molecule has 0 atom stereocenters. The number of hydrogen-bond acceptors (Lipinski definition) is 4. The average molecular weight is 391 g/mol. The van der Waals surface area contributed by atoms with Gasteiger partial charge in [0.1, 0.15) is 11.5 Å². The van der Waals surface area contributed by atoms with Crippen LogP contribution < -0.4 is 14.8 Å². The van der Waals surface area contributed by atoms with Crippen LogP contribution in [0, 0.1) is 0 Å². The standard InChI is InChI=1S/C20H23ClN2O4/c1-4-27-17-8-5-14(6-9-17)20(25)22-12-19(24)23(2)13-15-11-16(21)7-10-18(15)26-3/h5-11H,4,12-13H2,1-3H3,(H,22,25). The molecule has 2 aromatic rings. The van der Waals surface area contributed by atoms with Gasteiger partial charge in [-0.2, -0.15) is 0 Å². The highest BCUT2D eigenvalue weighted by molar-refractivity contribution is 6.30. The molecule has 0 aliphatic carbocycles. The minimum Gasteiger partial charge on any atom is -0.496 e. The molecule has 0 bridgehead atoms. The lowest BCUT2D eigenvalue weighted by Gasteiger charge is -2.19. The van der Waals surface area contributed by atoms with Crippen molar-refractivity contribution in [2.45, 2.75) is 13.5 Å². The van der Waals surface area contributed by atoms with Gasteiger partial charge in [0.05, 0.1) is 20.3 Å².